The quantitative estimate of drug-likeness (QED) is 0.768. The lowest BCUT2D eigenvalue weighted by molar-refractivity contribution is 0.102. The molecule has 0 bridgehead atoms. The summed E-state index contributed by atoms with van der Waals surface area (Å²) in [4.78, 5) is 12.6. The van der Waals surface area contributed by atoms with Gasteiger partial charge in [0.1, 0.15) is 11.8 Å². The van der Waals surface area contributed by atoms with Gasteiger partial charge in [-0.3, -0.25) is 4.79 Å². The van der Waals surface area contributed by atoms with Gasteiger partial charge >= 0.3 is 0 Å². The molecule has 0 heterocycles. The number of benzene rings is 3. The van der Waals surface area contributed by atoms with E-state index in [1.165, 1.54) is 0 Å². The number of amides is 1. The van der Waals surface area contributed by atoms with Crippen LogP contribution in [0.15, 0.2) is 72.8 Å². The van der Waals surface area contributed by atoms with Gasteiger partial charge < -0.3 is 10.1 Å². The molecule has 122 valence electrons. The lowest BCUT2D eigenvalue weighted by atomic mass is 10.0. The van der Waals surface area contributed by atoms with E-state index in [1.54, 1.807) is 49.6 Å². The monoisotopic (exact) mass is 328 g/mol. The zero-order valence-corrected chi connectivity index (χ0v) is 13.7. The topological polar surface area (TPSA) is 62.1 Å². The Labute approximate surface area is 146 Å². The number of nitriles is 1. The standard InChI is InChI=1S/C21H16N2O2/c1-25-20-12-11-16(13-18(20)15-7-3-2-4-8-15)21(24)23-19-10-6-5-9-17(19)14-22/h2-13H,1H3,(H,23,24). The fraction of sp³-hybridized carbons (Fsp3) is 0.0476. The molecule has 1 N–H and O–H groups in total. The molecule has 0 radical (unpaired) electrons. The second kappa shape index (κ2) is 7.33. The van der Waals surface area contributed by atoms with Crippen molar-refractivity contribution < 1.29 is 9.53 Å². The molecule has 0 unspecified atom stereocenters. The smallest absolute Gasteiger partial charge is 0.255 e. The minimum atomic E-state index is -0.275. The molecule has 0 atom stereocenters. The molecule has 1 amide bonds. The largest absolute Gasteiger partial charge is 0.496 e. The lowest BCUT2D eigenvalue weighted by Crippen LogP contribution is -2.13. The molecular weight excluding hydrogens is 312 g/mol. The van der Waals surface area contributed by atoms with Crippen LogP contribution < -0.4 is 10.1 Å². The van der Waals surface area contributed by atoms with Gasteiger partial charge in [-0.15, -0.1) is 0 Å². The Morgan fingerprint density at radius 2 is 1.72 bits per heavy atom. The Kier molecular flexibility index (Phi) is 4.77. The number of nitrogens with zero attached hydrogens (tertiary/aromatic N) is 1. The van der Waals surface area contributed by atoms with Gasteiger partial charge in [-0.1, -0.05) is 42.5 Å². The second-order valence-electron chi connectivity index (χ2n) is 5.39. The molecule has 0 spiro atoms. The van der Waals surface area contributed by atoms with E-state index < -0.39 is 0 Å². The number of rotatable bonds is 4. The van der Waals surface area contributed by atoms with Gasteiger partial charge in [0.2, 0.25) is 0 Å². The van der Waals surface area contributed by atoms with Crippen molar-refractivity contribution in [3.8, 4) is 22.9 Å². The van der Waals surface area contributed by atoms with E-state index in [0.717, 1.165) is 11.1 Å². The highest BCUT2D eigenvalue weighted by molar-refractivity contribution is 6.05. The van der Waals surface area contributed by atoms with Gasteiger partial charge in [0.25, 0.3) is 5.91 Å². The van der Waals surface area contributed by atoms with Crippen LogP contribution in [0, 0.1) is 11.3 Å². The fourth-order valence-corrected chi connectivity index (χ4v) is 2.58. The summed E-state index contributed by atoms with van der Waals surface area (Å²) >= 11 is 0. The molecular formula is C21H16N2O2. The highest BCUT2D eigenvalue weighted by Gasteiger charge is 2.13. The Bertz CT molecular complexity index is 944. The first-order chi connectivity index (χ1) is 12.2. The third kappa shape index (κ3) is 3.51. The van der Waals surface area contributed by atoms with E-state index in [1.807, 2.05) is 30.3 Å². The van der Waals surface area contributed by atoms with E-state index in [4.69, 9.17) is 10.00 Å². The van der Waals surface area contributed by atoms with E-state index in [2.05, 4.69) is 11.4 Å². The van der Waals surface area contributed by atoms with Crippen LogP contribution in [0.3, 0.4) is 0 Å². The number of hydrogen-bond acceptors (Lipinski definition) is 3. The summed E-state index contributed by atoms with van der Waals surface area (Å²) in [5, 5.41) is 11.9. The number of methoxy groups -OCH3 is 1. The van der Waals surface area contributed by atoms with Gasteiger partial charge in [-0.2, -0.15) is 5.26 Å². The highest BCUT2D eigenvalue weighted by Crippen LogP contribution is 2.31. The molecule has 4 nitrogen and oxygen atoms in total. The van der Waals surface area contributed by atoms with Crippen LogP contribution in [0.5, 0.6) is 5.75 Å². The fourth-order valence-electron chi connectivity index (χ4n) is 2.58. The molecule has 3 aromatic carbocycles. The summed E-state index contributed by atoms with van der Waals surface area (Å²) in [6.07, 6.45) is 0. The molecule has 0 aromatic heterocycles. The third-order valence-electron chi connectivity index (χ3n) is 3.84. The maximum absolute atomic E-state index is 12.6. The maximum atomic E-state index is 12.6. The average molecular weight is 328 g/mol. The molecule has 0 aliphatic carbocycles. The summed E-state index contributed by atoms with van der Waals surface area (Å²) in [5.74, 6) is 0.419. The number of nitrogens with one attached hydrogen (secondary N) is 1. The molecule has 0 fully saturated rings. The van der Waals surface area contributed by atoms with Crippen LogP contribution in [-0.2, 0) is 0 Å². The minimum Gasteiger partial charge on any atom is -0.496 e. The first-order valence-electron chi connectivity index (χ1n) is 7.77. The van der Waals surface area contributed by atoms with Crippen LogP contribution in [0.25, 0.3) is 11.1 Å². The van der Waals surface area contributed by atoms with Crippen molar-refractivity contribution in [3.63, 3.8) is 0 Å². The summed E-state index contributed by atoms with van der Waals surface area (Å²) < 4.78 is 5.41. The van der Waals surface area contributed by atoms with Crippen molar-refractivity contribution in [1.82, 2.24) is 0 Å². The van der Waals surface area contributed by atoms with Gasteiger partial charge in [0, 0.05) is 11.1 Å². The van der Waals surface area contributed by atoms with E-state index in [-0.39, 0.29) is 5.91 Å². The normalized spacial score (nSPS) is 9.92. The predicted molar refractivity (Wildman–Crippen MR) is 97.5 cm³/mol. The number of para-hydroxylation sites is 1. The first kappa shape index (κ1) is 16.3. The Morgan fingerprint density at radius 1 is 1.00 bits per heavy atom. The van der Waals surface area contributed by atoms with Crippen LogP contribution in [0.2, 0.25) is 0 Å². The first-order valence-corrected chi connectivity index (χ1v) is 7.77. The van der Waals surface area contributed by atoms with Gasteiger partial charge in [-0.25, -0.2) is 0 Å². The number of carbonyl (C=O) groups is 1. The van der Waals surface area contributed by atoms with Crippen LogP contribution in [0.1, 0.15) is 15.9 Å². The van der Waals surface area contributed by atoms with Crippen molar-refractivity contribution in [2.45, 2.75) is 0 Å². The van der Waals surface area contributed by atoms with Gasteiger partial charge in [0.05, 0.1) is 18.4 Å². The highest BCUT2D eigenvalue weighted by atomic mass is 16.5. The molecule has 0 saturated heterocycles. The molecule has 0 saturated carbocycles. The number of carbonyl (C=O) groups excluding carboxylic acids is 1. The Morgan fingerprint density at radius 3 is 2.44 bits per heavy atom. The molecule has 0 aliphatic rings. The third-order valence-corrected chi connectivity index (χ3v) is 3.84. The predicted octanol–water partition coefficient (Wildman–Crippen LogP) is 4.49. The van der Waals surface area contributed by atoms with Crippen LogP contribution in [-0.4, -0.2) is 13.0 Å². The van der Waals surface area contributed by atoms with Crippen molar-refractivity contribution in [2.75, 3.05) is 12.4 Å². The van der Waals surface area contributed by atoms with Crippen molar-refractivity contribution in [3.05, 3.63) is 83.9 Å². The Balaban J connectivity index is 1.95. The van der Waals surface area contributed by atoms with Crippen LogP contribution >= 0.6 is 0 Å². The summed E-state index contributed by atoms with van der Waals surface area (Å²) in [5.41, 5.74) is 3.21. The summed E-state index contributed by atoms with van der Waals surface area (Å²) in [7, 11) is 1.60. The average Bonchev–Trinajstić information content (AvgIpc) is 2.68. The number of anilines is 1. The van der Waals surface area contributed by atoms with Crippen molar-refractivity contribution in [1.29, 1.82) is 5.26 Å². The van der Waals surface area contributed by atoms with Crippen LogP contribution in [0.4, 0.5) is 5.69 Å². The Hall–Kier alpha value is -3.58. The minimum absolute atomic E-state index is 0.275. The SMILES string of the molecule is COc1ccc(C(=O)Nc2ccccc2C#N)cc1-c1ccccc1. The zero-order valence-electron chi connectivity index (χ0n) is 13.7. The van der Waals surface area contributed by atoms with E-state index in [0.29, 0.717) is 22.6 Å². The van der Waals surface area contributed by atoms with E-state index in [9.17, 15) is 4.79 Å². The van der Waals surface area contributed by atoms with E-state index >= 15 is 0 Å². The maximum Gasteiger partial charge on any atom is 0.255 e. The van der Waals surface area contributed by atoms with Gasteiger partial charge in [0.15, 0.2) is 0 Å². The molecule has 0 aliphatic heterocycles. The molecule has 3 aromatic rings. The molecule has 4 heteroatoms. The summed E-state index contributed by atoms with van der Waals surface area (Å²) in [6.45, 7) is 0. The summed E-state index contributed by atoms with van der Waals surface area (Å²) in [6, 6.07) is 24.0. The lowest BCUT2D eigenvalue weighted by Gasteiger charge is -2.12. The van der Waals surface area contributed by atoms with Crippen molar-refractivity contribution >= 4 is 11.6 Å². The second-order valence-corrected chi connectivity index (χ2v) is 5.39. The molecule has 25 heavy (non-hydrogen) atoms. The number of hydrogen-bond donors (Lipinski definition) is 1. The zero-order chi connectivity index (χ0) is 17.6. The van der Waals surface area contributed by atoms with Crippen molar-refractivity contribution in [2.24, 2.45) is 0 Å². The van der Waals surface area contributed by atoms with Gasteiger partial charge in [-0.05, 0) is 35.9 Å². The molecule has 3 rings (SSSR count). The number of ether oxygens (including phenoxy) is 1.